The molecule has 0 saturated heterocycles. The van der Waals surface area contributed by atoms with Crippen LogP contribution in [0.25, 0.3) is 0 Å². The maximum Gasteiger partial charge on any atom is 0.225 e. The van der Waals surface area contributed by atoms with Crippen molar-refractivity contribution in [3.8, 4) is 5.75 Å². The molecule has 0 heterocycles. The van der Waals surface area contributed by atoms with E-state index in [0.717, 1.165) is 25.7 Å². The largest absolute Gasteiger partial charge is 0.492 e. The van der Waals surface area contributed by atoms with E-state index in [1.807, 2.05) is 6.92 Å². The molecule has 2 rings (SSSR count). The number of benzene rings is 1. The van der Waals surface area contributed by atoms with Gasteiger partial charge in [-0.15, -0.1) is 0 Å². The number of carbonyl (C=O) groups is 1. The van der Waals surface area contributed by atoms with Crippen LogP contribution in [0, 0.1) is 11.7 Å². The standard InChI is InChI=1S/C16H23FN2O2/c1-16(18)9-3-2-4-14(16)15(20)19-10-11-21-13-7-5-12(17)6-8-13/h5-8,14H,2-4,9-11,18H2,1H3,(H,19,20). The minimum absolute atomic E-state index is 0.00223. The quantitative estimate of drug-likeness (QED) is 0.819. The molecule has 116 valence electrons. The lowest BCUT2D eigenvalue weighted by Gasteiger charge is -2.37. The van der Waals surface area contributed by atoms with Gasteiger partial charge in [-0.1, -0.05) is 12.8 Å². The normalized spacial score (nSPS) is 25.4. The van der Waals surface area contributed by atoms with Crippen LogP contribution in [-0.4, -0.2) is 24.6 Å². The third-order valence-electron chi connectivity index (χ3n) is 4.05. The maximum atomic E-state index is 12.7. The molecule has 5 heteroatoms. The lowest BCUT2D eigenvalue weighted by Crippen LogP contribution is -2.53. The van der Waals surface area contributed by atoms with Crippen molar-refractivity contribution in [3.63, 3.8) is 0 Å². The molecular weight excluding hydrogens is 271 g/mol. The van der Waals surface area contributed by atoms with E-state index in [0.29, 0.717) is 18.9 Å². The second-order valence-corrected chi connectivity index (χ2v) is 5.90. The van der Waals surface area contributed by atoms with Gasteiger partial charge in [-0.2, -0.15) is 0 Å². The maximum absolute atomic E-state index is 12.7. The van der Waals surface area contributed by atoms with Gasteiger partial charge in [0.15, 0.2) is 0 Å². The Morgan fingerprint density at radius 3 is 2.81 bits per heavy atom. The van der Waals surface area contributed by atoms with Crippen LogP contribution in [0.2, 0.25) is 0 Å². The van der Waals surface area contributed by atoms with Crippen LogP contribution in [0.4, 0.5) is 4.39 Å². The Balaban J connectivity index is 1.73. The highest BCUT2D eigenvalue weighted by Gasteiger charge is 2.37. The van der Waals surface area contributed by atoms with Gasteiger partial charge in [-0.05, 0) is 44.0 Å². The zero-order chi connectivity index (χ0) is 15.3. The molecule has 2 atom stereocenters. The first-order valence-corrected chi connectivity index (χ1v) is 7.44. The minimum atomic E-state index is -0.417. The lowest BCUT2D eigenvalue weighted by molar-refractivity contribution is -0.128. The van der Waals surface area contributed by atoms with Gasteiger partial charge in [0.05, 0.1) is 12.5 Å². The number of ether oxygens (including phenoxy) is 1. The van der Waals surface area contributed by atoms with E-state index in [2.05, 4.69) is 5.32 Å². The van der Waals surface area contributed by atoms with Crippen molar-refractivity contribution >= 4 is 5.91 Å². The van der Waals surface area contributed by atoms with Crippen LogP contribution >= 0.6 is 0 Å². The molecule has 1 saturated carbocycles. The molecule has 2 unspecified atom stereocenters. The van der Waals surface area contributed by atoms with Crippen molar-refractivity contribution in [2.45, 2.75) is 38.1 Å². The van der Waals surface area contributed by atoms with E-state index < -0.39 is 5.54 Å². The first kappa shape index (κ1) is 15.8. The number of hydrogen-bond acceptors (Lipinski definition) is 3. The van der Waals surface area contributed by atoms with E-state index in [-0.39, 0.29) is 17.6 Å². The van der Waals surface area contributed by atoms with Crippen molar-refractivity contribution in [2.24, 2.45) is 11.7 Å². The third-order valence-corrected chi connectivity index (χ3v) is 4.05. The minimum Gasteiger partial charge on any atom is -0.492 e. The molecule has 21 heavy (non-hydrogen) atoms. The summed E-state index contributed by atoms with van der Waals surface area (Å²) in [7, 11) is 0. The van der Waals surface area contributed by atoms with E-state index >= 15 is 0 Å². The Kier molecular flexibility index (Phi) is 5.17. The second-order valence-electron chi connectivity index (χ2n) is 5.90. The number of carbonyl (C=O) groups excluding carboxylic acids is 1. The first-order valence-electron chi connectivity index (χ1n) is 7.44. The van der Waals surface area contributed by atoms with Crippen LogP contribution in [-0.2, 0) is 4.79 Å². The summed E-state index contributed by atoms with van der Waals surface area (Å²) >= 11 is 0. The molecule has 1 fully saturated rings. The average molecular weight is 294 g/mol. The first-order chi connectivity index (χ1) is 9.99. The monoisotopic (exact) mass is 294 g/mol. The average Bonchev–Trinajstić information content (AvgIpc) is 2.45. The molecule has 1 aliphatic rings. The van der Waals surface area contributed by atoms with Gasteiger partial charge in [0, 0.05) is 5.54 Å². The Bertz CT molecular complexity index is 474. The molecule has 1 amide bonds. The van der Waals surface area contributed by atoms with Crippen LogP contribution in [0.3, 0.4) is 0 Å². The zero-order valence-corrected chi connectivity index (χ0v) is 12.4. The van der Waals surface area contributed by atoms with Gasteiger partial charge in [0.1, 0.15) is 18.2 Å². The molecule has 4 nitrogen and oxygen atoms in total. The highest BCUT2D eigenvalue weighted by Crippen LogP contribution is 2.31. The van der Waals surface area contributed by atoms with Gasteiger partial charge in [0.25, 0.3) is 0 Å². The lowest BCUT2D eigenvalue weighted by atomic mass is 9.74. The van der Waals surface area contributed by atoms with Gasteiger partial charge in [-0.25, -0.2) is 4.39 Å². The number of amides is 1. The van der Waals surface area contributed by atoms with E-state index in [4.69, 9.17) is 10.5 Å². The predicted molar refractivity (Wildman–Crippen MR) is 79.5 cm³/mol. The summed E-state index contributed by atoms with van der Waals surface area (Å²) in [5, 5.41) is 2.87. The molecule has 1 aromatic rings. The van der Waals surface area contributed by atoms with Gasteiger partial charge in [-0.3, -0.25) is 4.79 Å². The van der Waals surface area contributed by atoms with E-state index in [1.165, 1.54) is 12.1 Å². The van der Waals surface area contributed by atoms with Crippen LogP contribution in [0.1, 0.15) is 32.6 Å². The molecule has 0 aliphatic heterocycles. The number of rotatable bonds is 5. The van der Waals surface area contributed by atoms with Crippen LogP contribution < -0.4 is 15.8 Å². The summed E-state index contributed by atoms with van der Waals surface area (Å²) in [6.45, 7) is 2.72. The van der Waals surface area contributed by atoms with Gasteiger partial charge >= 0.3 is 0 Å². The third kappa shape index (κ3) is 4.43. The van der Waals surface area contributed by atoms with Crippen molar-refractivity contribution < 1.29 is 13.9 Å². The highest BCUT2D eigenvalue weighted by atomic mass is 19.1. The summed E-state index contributed by atoms with van der Waals surface area (Å²) in [6, 6.07) is 5.82. The molecular formula is C16H23FN2O2. The fourth-order valence-corrected chi connectivity index (χ4v) is 2.79. The van der Waals surface area contributed by atoms with Crippen molar-refractivity contribution in [3.05, 3.63) is 30.1 Å². The van der Waals surface area contributed by atoms with Crippen LogP contribution in [0.5, 0.6) is 5.75 Å². The molecule has 0 bridgehead atoms. The topological polar surface area (TPSA) is 64.4 Å². The molecule has 0 spiro atoms. The highest BCUT2D eigenvalue weighted by molar-refractivity contribution is 5.80. The smallest absolute Gasteiger partial charge is 0.225 e. The van der Waals surface area contributed by atoms with E-state index in [1.54, 1.807) is 12.1 Å². The van der Waals surface area contributed by atoms with Crippen molar-refractivity contribution in [2.75, 3.05) is 13.2 Å². The van der Waals surface area contributed by atoms with E-state index in [9.17, 15) is 9.18 Å². The molecule has 0 aromatic heterocycles. The molecule has 1 aliphatic carbocycles. The molecule has 3 N–H and O–H groups in total. The summed E-state index contributed by atoms with van der Waals surface area (Å²) in [6.07, 6.45) is 3.87. The molecule has 0 radical (unpaired) electrons. The Labute approximate surface area is 124 Å². The van der Waals surface area contributed by atoms with Gasteiger partial charge in [0.2, 0.25) is 5.91 Å². The fourth-order valence-electron chi connectivity index (χ4n) is 2.79. The Hall–Kier alpha value is -1.62. The summed E-state index contributed by atoms with van der Waals surface area (Å²) in [4.78, 5) is 12.2. The Morgan fingerprint density at radius 2 is 2.14 bits per heavy atom. The summed E-state index contributed by atoms with van der Waals surface area (Å²) in [5.41, 5.74) is 5.79. The summed E-state index contributed by atoms with van der Waals surface area (Å²) in [5.74, 6) is 0.168. The fraction of sp³-hybridized carbons (Fsp3) is 0.562. The number of halogens is 1. The van der Waals surface area contributed by atoms with Crippen LogP contribution in [0.15, 0.2) is 24.3 Å². The zero-order valence-electron chi connectivity index (χ0n) is 12.4. The number of nitrogens with one attached hydrogen (secondary N) is 1. The van der Waals surface area contributed by atoms with Gasteiger partial charge < -0.3 is 15.8 Å². The summed E-state index contributed by atoms with van der Waals surface area (Å²) < 4.78 is 18.2. The predicted octanol–water partition coefficient (Wildman–Crippen LogP) is 2.23. The Morgan fingerprint density at radius 1 is 1.43 bits per heavy atom. The number of nitrogens with two attached hydrogens (primary N) is 1. The second kappa shape index (κ2) is 6.89. The van der Waals surface area contributed by atoms with Crippen molar-refractivity contribution in [1.82, 2.24) is 5.32 Å². The molecule has 1 aromatic carbocycles. The van der Waals surface area contributed by atoms with Crippen molar-refractivity contribution in [1.29, 1.82) is 0 Å². The number of hydrogen-bond donors (Lipinski definition) is 2. The SMILES string of the molecule is CC1(N)CCCCC1C(=O)NCCOc1ccc(F)cc1.